The number of methoxy groups -OCH3 is 1. The Morgan fingerprint density at radius 1 is 1.39 bits per heavy atom. The van der Waals surface area contributed by atoms with Crippen LogP contribution in [-0.2, 0) is 4.74 Å². The molecule has 0 N–H and O–H groups in total. The fraction of sp³-hybridized carbons (Fsp3) is 0.688. The zero-order chi connectivity index (χ0) is 16.7. The summed E-state index contributed by atoms with van der Waals surface area (Å²) in [7, 11) is 1.69. The van der Waals surface area contributed by atoms with Gasteiger partial charge >= 0.3 is 0 Å². The van der Waals surface area contributed by atoms with Crippen molar-refractivity contribution < 1.29 is 9.47 Å². The fourth-order valence-electron chi connectivity index (χ4n) is 2.42. The van der Waals surface area contributed by atoms with Gasteiger partial charge in [0.05, 0.1) is 32.2 Å². The molecule has 1 fully saturated rings. The average molecular weight is 341 g/mol. The Hall–Kier alpha value is -1.56. The molecule has 0 spiro atoms. The summed E-state index contributed by atoms with van der Waals surface area (Å²) in [5.74, 6) is 1.18. The van der Waals surface area contributed by atoms with Crippen LogP contribution in [0.25, 0.3) is 0 Å². The van der Waals surface area contributed by atoms with E-state index in [0.29, 0.717) is 18.3 Å². The van der Waals surface area contributed by atoms with Crippen LogP contribution in [0.5, 0.6) is 5.75 Å². The molecule has 0 aliphatic carbocycles. The summed E-state index contributed by atoms with van der Waals surface area (Å²) in [5, 5.41) is 0.235. The maximum absolute atomic E-state index is 5.74. The normalized spacial score (nSPS) is 17.9. The molecule has 2 heterocycles. The van der Waals surface area contributed by atoms with Gasteiger partial charge in [0.2, 0.25) is 5.28 Å². The molecule has 128 valence electrons. The van der Waals surface area contributed by atoms with E-state index >= 15 is 0 Å². The summed E-state index contributed by atoms with van der Waals surface area (Å²) in [6, 6.07) is 1.04. The number of nitrogens with zero attached hydrogens (tertiary/aromatic N) is 4. The van der Waals surface area contributed by atoms with E-state index in [0.717, 1.165) is 38.4 Å². The van der Waals surface area contributed by atoms with Crippen LogP contribution in [0.4, 0.5) is 0 Å². The van der Waals surface area contributed by atoms with Crippen molar-refractivity contribution in [2.75, 3.05) is 26.8 Å². The van der Waals surface area contributed by atoms with Crippen LogP contribution in [0.15, 0.2) is 17.4 Å². The first-order chi connectivity index (χ1) is 11.1. The van der Waals surface area contributed by atoms with Crippen molar-refractivity contribution in [1.82, 2.24) is 14.9 Å². The molecule has 1 atom stereocenters. The SMILES string of the molecule is CCC(C)N=C(OC)N1CCC(COc2cnc(Cl)nc2)CC1. The van der Waals surface area contributed by atoms with E-state index in [1.54, 1.807) is 19.5 Å². The van der Waals surface area contributed by atoms with Crippen LogP contribution in [0.2, 0.25) is 5.28 Å². The van der Waals surface area contributed by atoms with Crippen LogP contribution in [0.3, 0.4) is 0 Å². The topological polar surface area (TPSA) is 59.8 Å². The lowest BCUT2D eigenvalue weighted by Gasteiger charge is -2.33. The Kier molecular flexibility index (Phi) is 6.89. The number of piperidine rings is 1. The molecule has 1 aromatic rings. The van der Waals surface area contributed by atoms with Crippen molar-refractivity contribution >= 4 is 17.6 Å². The third-order valence-corrected chi connectivity index (χ3v) is 4.27. The molecular weight excluding hydrogens is 316 g/mol. The lowest BCUT2D eigenvalue weighted by atomic mass is 9.98. The van der Waals surface area contributed by atoms with E-state index in [1.165, 1.54) is 0 Å². The molecule has 1 saturated heterocycles. The van der Waals surface area contributed by atoms with Crippen LogP contribution in [0.1, 0.15) is 33.1 Å². The van der Waals surface area contributed by atoms with Gasteiger partial charge in [-0.05, 0) is 43.7 Å². The number of amidine groups is 1. The summed E-state index contributed by atoms with van der Waals surface area (Å²) >= 11 is 5.66. The Morgan fingerprint density at radius 2 is 2.04 bits per heavy atom. The average Bonchev–Trinajstić information content (AvgIpc) is 2.59. The number of hydrogen-bond donors (Lipinski definition) is 0. The Balaban J connectivity index is 1.79. The molecule has 1 aliphatic heterocycles. The van der Waals surface area contributed by atoms with Crippen molar-refractivity contribution in [3.63, 3.8) is 0 Å². The number of ether oxygens (including phenoxy) is 2. The minimum Gasteiger partial charge on any atom is -0.490 e. The molecule has 7 heteroatoms. The van der Waals surface area contributed by atoms with Crippen molar-refractivity contribution in [3.8, 4) is 5.75 Å². The highest BCUT2D eigenvalue weighted by molar-refractivity contribution is 6.28. The Morgan fingerprint density at radius 3 is 2.61 bits per heavy atom. The van der Waals surface area contributed by atoms with Crippen LogP contribution in [0, 0.1) is 5.92 Å². The van der Waals surface area contributed by atoms with Gasteiger partial charge in [-0.1, -0.05) is 6.92 Å². The lowest BCUT2D eigenvalue weighted by Crippen LogP contribution is -2.41. The highest BCUT2D eigenvalue weighted by atomic mass is 35.5. The van der Waals surface area contributed by atoms with E-state index in [9.17, 15) is 0 Å². The monoisotopic (exact) mass is 340 g/mol. The molecular formula is C16H25ClN4O2. The summed E-state index contributed by atoms with van der Waals surface area (Å²) in [6.07, 6.45) is 6.33. The molecule has 2 rings (SSSR count). The minimum absolute atomic E-state index is 0.235. The maximum Gasteiger partial charge on any atom is 0.287 e. The van der Waals surface area contributed by atoms with Gasteiger partial charge in [0.1, 0.15) is 0 Å². The second-order valence-electron chi connectivity index (χ2n) is 5.80. The smallest absolute Gasteiger partial charge is 0.287 e. The van der Waals surface area contributed by atoms with Gasteiger partial charge in [0.25, 0.3) is 6.02 Å². The molecule has 6 nitrogen and oxygen atoms in total. The number of aliphatic imine (C=N–C) groups is 1. The number of halogens is 1. The summed E-state index contributed by atoms with van der Waals surface area (Å²) in [6.45, 7) is 6.78. The van der Waals surface area contributed by atoms with Crippen molar-refractivity contribution in [2.45, 2.75) is 39.2 Å². The second kappa shape index (κ2) is 8.91. The van der Waals surface area contributed by atoms with Crippen LogP contribution >= 0.6 is 11.6 Å². The maximum atomic E-state index is 5.74. The van der Waals surface area contributed by atoms with Crippen molar-refractivity contribution in [1.29, 1.82) is 0 Å². The van der Waals surface area contributed by atoms with E-state index in [1.807, 2.05) is 0 Å². The largest absolute Gasteiger partial charge is 0.490 e. The third-order valence-electron chi connectivity index (χ3n) is 4.07. The number of rotatable bonds is 5. The molecule has 0 bridgehead atoms. The Labute approximate surface area is 142 Å². The molecule has 0 amide bonds. The van der Waals surface area contributed by atoms with Gasteiger partial charge in [-0.3, -0.25) is 0 Å². The highest BCUT2D eigenvalue weighted by Gasteiger charge is 2.23. The van der Waals surface area contributed by atoms with Gasteiger partial charge in [0.15, 0.2) is 5.75 Å². The van der Waals surface area contributed by atoms with E-state index < -0.39 is 0 Å². The fourth-order valence-corrected chi connectivity index (χ4v) is 2.52. The Bertz CT molecular complexity index is 501. The van der Waals surface area contributed by atoms with Crippen LogP contribution < -0.4 is 4.74 Å². The van der Waals surface area contributed by atoms with E-state index in [2.05, 4.69) is 33.7 Å². The summed E-state index contributed by atoms with van der Waals surface area (Å²) in [4.78, 5) is 14.7. The molecule has 1 aliphatic rings. The minimum atomic E-state index is 0.235. The lowest BCUT2D eigenvalue weighted by molar-refractivity contribution is 0.162. The predicted molar refractivity (Wildman–Crippen MR) is 91.0 cm³/mol. The van der Waals surface area contributed by atoms with Crippen molar-refractivity contribution in [2.24, 2.45) is 10.9 Å². The third kappa shape index (κ3) is 5.53. The first kappa shape index (κ1) is 17.8. The summed E-state index contributed by atoms with van der Waals surface area (Å²) < 4.78 is 11.2. The first-order valence-corrected chi connectivity index (χ1v) is 8.47. The molecule has 1 aromatic heterocycles. The molecule has 0 aromatic carbocycles. The van der Waals surface area contributed by atoms with Gasteiger partial charge in [-0.2, -0.15) is 0 Å². The van der Waals surface area contributed by atoms with E-state index in [4.69, 9.17) is 21.1 Å². The standard InChI is InChI=1S/C16H25ClN4O2/c1-4-12(2)20-16(22-3)21-7-5-13(6-8-21)11-23-14-9-18-15(17)19-10-14/h9-10,12-13H,4-8,11H2,1-3H3. The number of aromatic nitrogens is 2. The van der Waals surface area contributed by atoms with E-state index in [-0.39, 0.29) is 11.3 Å². The zero-order valence-corrected chi connectivity index (χ0v) is 14.8. The highest BCUT2D eigenvalue weighted by Crippen LogP contribution is 2.20. The summed E-state index contributed by atoms with van der Waals surface area (Å²) in [5.41, 5.74) is 0. The van der Waals surface area contributed by atoms with Gasteiger partial charge in [0, 0.05) is 13.1 Å². The molecule has 0 saturated carbocycles. The predicted octanol–water partition coefficient (Wildman–Crippen LogP) is 3.02. The molecule has 1 unspecified atom stereocenters. The van der Waals surface area contributed by atoms with Gasteiger partial charge < -0.3 is 14.4 Å². The molecule has 23 heavy (non-hydrogen) atoms. The van der Waals surface area contributed by atoms with Crippen LogP contribution in [-0.4, -0.2) is 53.7 Å². The van der Waals surface area contributed by atoms with Gasteiger partial charge in [-0.15, -0.1) is 0 Å². The second-order valence-corrected chi connectivity index (χ2v) is 6.14. The van der Waals surface area contributed by atoms with Gasteiger partial charge in [-0.25, -0.2) is 15.0 Å². The zero-order valence-electron chi connectivity index (χ0n) is 14.0. The first-order valence-electron chi connectivity index (χ1n) is 8.09. The molecule has 0 radical (unpaired) electrons. The number of hydrogen-bond acceptors (Lipinski definition) is 5. The number of likely N-dealkylation sites (tertiary alicyclic amines) is 1. The van der Waals surface area contributed by atoms with Crippen molar-refractivity contribution in [3.05, 3.63) is 17.7 Å². The quantitative estimate of drug-likeness (QED) is 0.468.